The van der Waals surface area contributed by atoms with Gasteiger partial charge in [0.2, 0.25) is 0 Å². The quantitative estimate of drug-likeness (QED) is 0.695. The number of nitrogens with one attached hydrogen (secondary N) is 1. The van der Waals surface area contributed by atoms with Gasteiger partial charge in [0.15, 0.2) is 0 Å². The maximum atomic E-state index is 5.97. The first-order valence-corrected chi connectivity index (χ1v) is 6.16. The van der Waals surface area contributed by atoms with Crippen molar-refractivity contribution in [2.24, 2.45) is 5.92 Å². The van der Waals surface area contributed by atoms with Gasteiger partial charge in [-0.05, 0) is 32.1 Å². The van der Waals surface area contributed by atoms with Gasteiger partial charge in [0.1, 0.15) is 0 Å². The Balaban J connectivity index is 2.18. The molecule has 2 fully saturated rings. The van der Waals surface area contributed by atoms with Crippen LogP contribution >= 0.6 is 11.8 Å². The van der Waals surface area contributed by atoms with Crippen molar-refractivity contribution in [2.45, 2.75) is 37.2 Å². The van der Waals surface area contributed by atoms with Crippen LogP contribution in [0.15, 0.2) is 0 Å². The minimum atomic E-state index is 0.122. The number of rotatable bonds is 1. The molecule has 0 amide bonds. The Morgan fingerprint density at radius 2 is 2.31 bits per heavy atom. The first-order valence-electron chi connectivity index (χ1n) is 5.11. The smallest absolute Gasteiger partial charge is 0.0820 e. The van der Waals surface area contributed by atoms with Crippen LogP contribution in [0.25, 0.3) is 0 Å². The standard InChI is InChI=1S/C10H19NOS/c1-7-6-13-9-8(11-3)4-5-12-10(7,9)2/h7-9,11H,4-6H2,1-3H3/t7-,8?,9-,10?/m0/s1. The van der Waals surface area contributed by atoms with Crippen LogP contribution in [0.4, 0.5) is 0 Å². The summed E-state index contributed by atoms with van der Waals surface area (Å²) < 4.78 is 5.97. The van der Waals surface area contributed by atoms with Crippen molar-refractivity contribution in [3.05, 3.63) is 0 Å². The summed E-state index contributed by atoms with van der Waals surface area (Å²) in [4.78, 5) is 0. The Labute approximate surface area is 84.8 Å². The van der Waals surface area contributed by atoms with E-state index in [4.69, 9.17) is 4.74 Å². The van der Waals surface area contributed by atoms with E-state index in [1.807, 2.05) is 0 Å². The lowest BCUT2D eigenvalue weighted by molar-refractivity contribution is -0.0903. The third kappa shape index (κ3) is 1.41. The van der Waals surface area contributed by atoms with Crippen molar-refractivity contribution in [3.63, 3.8) is 0 Å². The second kappa shape index (κ2) is 3.44. The molecule has 2 unspecified atom stereocenters. The zero-order valence-corrected chi connectivity index (χ0v) is 9.49. The number of fused-ring (bicyclic) bond motifs is 1. The Bertz CT molecular complexity index is 199. The van der Waals surface area contributed by atoms with Gasteiger partial charge in [-0.15, -0.1) is 0 Å². The molecule has 76 valence electrons. The molecule has 0 aromatic heterocycles. The Morgan fingerprint density at radius 1 is 1.54 bits per heavy atom. The van der Waals surface area contributed by atoms with E-state index in [0.29, 0.717) is 17.2 Å². The van der Waals surface area contributed by atoms with Crippen LogP contribution in [0.2, 0.25) is 0 Å². The highest BCUT2D eigenvalue weighted by molar-refractivity contribution is 8.00. The molecule has 2 rings (SSSR count). The largest absolute Gasteiger partial charge is 0.374 e. The van der Waals surface area contributed by atoms with Crippen LogP contribution in [0.5, 0.6) is 0 Å². The lowest BCUT2D eigenvalue weighted by Gasteiger charge is -2.43. The molecule has 0 saturated carbocycles. The fourth-order valence-corrected chi connectivity index (χ4v) is 4.41. The molecule has 2 heterocycles. The van der Waals surface area contributed by atoms with Crippen LogP contribution in [0.3, 0.4) is 0 Å². The first-order chi connectivity index (χ1) is 6.18. The molecule has 2 aliphatic heterocycles. The van der Waals surface area contributed by atoms with Gasteiger partial charge in [0.25, 0.3) is 0 Å². The Kier molecular flexibility index (Phi) is 2.60. The topological polar surface area (TPSA) is 21.3 Å². The van der Waals surface area contributed by atoms with E-state index < -0.39 is 0 Å². The lowest BCUT2D eigenvalue weighted by Crippen LogP contribution is -2.55. The summed E-state index contributed by atoms with van der Waals surface area (Å²) >= 11 is 2.08. The minimum Gasteiger partial charge on any atom is -0.374 e. The zero-order chi connectivity index (χ0) is 9.47. The summed E-state index contributed by atoms with van der Waals surface area (Å²) in [6.45, 7) is 5.51. The van der Waals surface area contributed by atoms with Gasteiger partial charge in [-0.3, -0.25) is 0 Å². The molecule has 2 saturated heterocycles. The fourth-order valence-electron chi connectivity index (χ4n) is 2.45. The molecule has 3 heteroatoms. The van der Waals surface area contributed by atoms with E-state index in [1.165, 1.54) is 5.75 Å². The second-order valence-electron chi connectivity index (χ2n) is 4.37. The van der Waals surface area contributed by atoms with Crippen LogP contribution in [0, 0.1) is 5.92 Å². The maximum Gasteiger partial charge on any atom is 0.0820 e. The van der Waals surface area contributed by atoms with E-state index in [9.17, 15) is 0 Å². The number of hydrogen-bond acceptors (Lipinski definition) is 3. The molecular formula is C10H19NOS. The predicted octanol–water partition coefficient (Wildman–Crippen LogP) is 1.50. The SMILES string of the molecule is CNC1CCOC2(C)[C@@H](C)CS[C@@H]12. The molecule has 13 heavy (non-hydrogen) atoms. The molecule has 1 N–H and O–H groups in total. The number of thioether (sulfide) groups is 1. The van der Waals surface area contributed by atoms with Crippen LogP contribution < -0.4 is 5.32 Å². The van der Waals surface area contributed by atoms with Crippen molar-refractivity contribution < 1.29 is 4.74 Å². The van der Waals surface area contributed by atoms with Crippen molar-refractivity contribution in [2.75, 3.05) is 19.4 Å². The average molecular weight is 201 g/mol. The lowest BCUT2D eigenvalue weighted by atomic mass is 9.83. The molecule has 0 radical (unpaired) electrons. The van der Waals surface area contributed by atoms with Gasteiger partial charge >= 0.3 is 0 Å². The Morgan fingerprint density at radius 3 is 3.00 bits per heavy atom. The fraction of sp³-hybridized carbons (Fsp3) is 1.00. The maximum absolute atomic E-state index is 5.97. The van der Waals surface area contributed by atoms with E-state index in [-0.39, 0.29) is 5.60 Å². The van der Waals surface area contributed by atoms with Crippen LogP contribution in [-0.4, -0.2) is 36.3 Å². The third-order valence-electron chi connectivity index (χ3n) is 3.65. The minimum absolute atomic E-state index is 0.122. The van der Waals surface area contributed by atoms with E-state index in [1.54, 1.807) is 0 Å². The number of ether oxygens (including phenoxy) is 1. The van der Waals surface area contributed by atoms with Gasteiger partial charge in [0.05, 0.1) is 5.60 Å². The summed E-state index contributed by atoms with van der Waals surface area (Å²) in [5, 5.41) is 4.07. The van der Waals surface area contributed by atoms with Crippen molar-refractivity contribution in [1.29, 1.82) is 0 Å². The normalized spacial score (nSPS) is 50.5. The third-order valence-corrected chi connectivity index (χ3v) is 5.50. The number of hydrogen-bond donors (Lipinski definition) is 1. The van der Waals surface area contributed by atoms with E-state index in [0.717, 1.165) is 13.0 Å². The summed E-state index contributed by atoms with van der Waals surface area (Å²) in [5.41, 5.74) is 0.122. The van der Waals surface area contributed by atoms with Gasteiger partial charge in [-0.1, -0.05) is 6.92 Å². The molecule has 0 spiro atoms. The first kappa shape index (κ1) is 9.81. The summed E-state index contributed by atoms with van der Waals surface area (Å²) in [6.07, 6.45) is 1.16. The van der Waals surface area contributed by atoms with Crippen molar-refractivity contribution >= 4 is 11.8 Å². The molecular weight excluding hydrogens is 182 g/mol. The summed E-state index contributed by atoms with van der Waals surface area (Å²) in [7, 11) is 2.07. The highest BCUT2D eigenvalue weighted by Crippen LogP contribution is 2.46. The molecule has 0 aliphatic carbocycles. The molecule has 4 atom stereocenters. The Hall–Kier alpha value is 0.270. The van der Waals surface area contributed by atoms with Crippen molar-refractivity contribution in [1.82, 2.24) is 5.32 Å². The average Bonchev–Trinajstić information content (AvgIpc) is 2.43. The molecule has 0 bridgehead atoms. The van der Waals surface area contributed by atoms with Crippen LogP contribution in [0.1, 0.15) is 20.3 Å². The van der Waals surface area contributed by atoms with Crippen LogP contribution in [-0.2, 0) is 4.74 Å². The molecule has 2 nitrogen and oxygen atoms in total. The summed E-state index contributed by atoms with van der Waals surface area (Å²) in [5.74, 6) is 1.94. The van der Waals surface area contributed by atoms with Crippen molar-refractivity contribution in [3.8, 4) is 0 Å². The monoisotopic (exact) mass is 201 g/mol. The van der Waals surface area contributed by atoms with Gasteiger partial charge in [-0.25, -0.2) is 0 Å². The molecule has 0 aromatic carbocycles. The highest BCUT2D eigenvalue weighted by Gasteiger charge is 2.51. The van der Waals surface area contributed by atoms with E-state index >= 15 is 0 Å². The van der Waals surface area contributed by atoms with Gasteiger partial charge in [-0.2, -0.15) is 11.8 Å². The van der Waals surface area contributed by atoms with E-state index in [2.05, 4.69) is 38.0 Å². The molecule has 2 aliphatic rings. The van der Waals surface area contributed by atoms with Gasteiger partial charge < -0.3 is 10.1 Å². The second-order valence-corrected chi connectivity index (χ2v) is 5.55. The van der Waals surface area contributed by atoms with Gasteiger partial charge in [0, 0.05) is 17.9 Å². The zero-order valence-electron chi connectivity index (χ0n) is 8.67. The highest BCUT2D eigenvalue weighted by atomic mass is 32.2. The predicted molar refractivity (Wildman–Crippen MR) is 57.2 cm³/mol. The molecule has 0 aromatic rings. The summed E-state index contributed by atoms with van der Waals surface area (Å²) in [6, 6.07) is 0.647.